The normalized spacial score (nSPS) is 25.5. The summed E-state index contributed by atoms with van der Waals surface area (Å²) in [6, 6.07) is 1.96. The largest absolute Gasteiger partial charge is 0.371 e. The Morgan fingerprint density at radius 2 is 2.10 bits per heavy atom. The van der Waals surface area contributed by atoms with Gasteiger partial charge >= 0.3 is 0 Å². The molecule has 1 N–H and O–H groups in total. The molecule has 1 aromatic rings. The number of pyridine rings is 1. The van der Waals surface area contributed by atoms with E-state index in [0.29, 0.717) is 24.8 Å². The molecule has 0 aliphatic carbocycles. The van der Waals surface area contributed by atoms with Crippen LogP contribution < -0.4 is 10.2 Å². The Morgan fingerprint density at radius 1 is 1.40 bits per heavy atom. The van der Waals surface area contributed by atoms with E-state index in [-0.39, 0.29) is 5.82 Å². The second-order valence-electron chi connectivity index (χ2n) is 6.03. The van der Waals surface area contributed by atoms with Gasteiger partial charge in [-0.05, 0) is 18.9 Å². The van der Waals surface area contributed by atoms with E-state index in [2.05, 4.69) is 29.0 Å². The van der Waals surface area contributed by atoms with Crippen molar-refractivity contribution in [1.29, 1.82) is 0 Å². The average Bonchev–Trinajstić information content (AvgIpc) is 2.75. The second-order valence-corrected chi connectivity index (χ2v) is 6.03. The highest BCUT2D eigenvalue weighted by Crippen LogP contribution is 2.30. The van der Waals surface area contributed by atoms with Crippen LogP contribution in [0, 0.1) is 5.82 Å². The number of hydrogen-bond acceptors (Lipinski definition) is 4. The van der Waals surface area contributed by atoms with Gasteiger partial charge in [0.05, 0.1) is 18.4 Å². The molecule has 0 radical (unpaired) electrons. The summed E-state index contributed by atoms with van der Waals surface area (Å²) in [6.07, 6.45) is 4.19. The topological polar surface area (TPSA) is 37.4 Å². The minimum absolute atomic E-state index is 0.273. The number of halogens is 1. The number of aromatic nitrogens is 1. The van der Waals surface area contributed by atoms with Crippen LogP contribution in [0.3, 0.4) is 0 Å². The first-order valence-corrected chi connectivity index (χ1v) is 7.40. The van der Waals surface area contributed by atoms with E-state index in [1.807, 2.05) is 0 Å². The monoisotopic (exact) mass is 279 g/mol. The van der Waals surface area contributed by atoms with E-state index >= 15 is 0 Å². The molecule has 0 saturated carbocycles. The van der Waals surface area contributed by atoms with Gasteiger partial charge in [-0.3, -0.25) is 0 Å². The van der Waals surface area contributed by atoms with Crippen molar-refractivity contribution < 1.29 is 9.13 Å². The molecule has 0 amide bonds. The van der Waals surface area contributed by atoms with E-state index in [1.165, 1.54) is 6.20 Å². The Balaban J connectivity index is 1.80. The van der Waals surface area contributed by atoms with Crippen molar-refractivity contribution in [2.24, 2.45) is 0 Å². The van der Waals surface area contributed by atoms with Crippen LogP contribution in [0.25, 0.3) is 0 Å². The highest BCUT2D eigenvalue weighted by Gasteiger charge is 2.34. The van der Waals surface area contributed by atoms with Crippen LogP contribution >= 0.6 is 0 Å². The number of anilines is 1. The molecule has 20 heavy (non-hydrogen) atoms. The molecule has 0 aromatic carbocycles. The fraction of sp³-hybridized carbons (Fsp3) is 0.667. The molecule has 2 aliphatic heterocycles. The van der Waals surface area contributed by atoms with E-state index in [1.54, 1.807) is 6.07 Å². The Kier molecular flexibility index (Phi) is 3.89. The highest BCUT2D eigenvalue weighted by atomic mass is 19.1. The summed E-state index contributed by atoms with van der Waals surface area (Å²) < 4.78 is 19.3. The zero-order valence-electron chi connectivity index (χ0n) is 12.1. The van der Waals surface area contributed by atoms with Crippen LogP contribution in [0.1, 0.15) is 32.3 Å². The van der Waals surface area contributed by atoms with Crippen molar-refractivity contribution in [3.8, 4) is 0 Å². The van der Waals surface area contributed by atoms with Gasteiger partial charge in [-0.1, -0.05) is 13.8 Å². The lowest BCUT2D eigenvalue weighted by atomic mass is 10.2. The lowest BCUT2D eigenvalue weighted by Crippen LogP contribution is -2.43. The summed E-state index contributed by atoms with van der Waals surface area (Å²) >= 11 is 0. The van der Waals surface area contributed by atoms with Crippen LogP contribution in [-0.4, -0.2) is 36.3 Å². The molecule has 2 unspecified atom stereocenters. The van der Waals surface area contributed by atoms with Gasteiger partial charge in [0.2, 0.25) is 0 Å². The molecule has 2 aliphatic rings. The summed E-state index contributed by atoms with van der Waals surface area (Å²) in [5.41, 5.74) is 0.931. The lowest BCUT2D eigenvalue weighted by molar-refractivity contribution is 0.0301. The summed E-state index contributed by atoms with van der Waals surface area (Å²) in [6.45, 7) is 6.54. The molecule has 3 rings (SSSR count). The van der Waals surface area contributed by atoms with Gasteiger partial charge in [0.15, 0.2) is 0 Å². The van der Waals surface area contributed by atoms with Crippen LogP contribution in [-0.2, 0) is 11.3 Å². The molecule has 1 aromatic heterocycles. The average molecular weight is 279 g/mol. The summed E-state index contributed by atoms with van der Waals surface area (Å²) in [5, 5.41) is 3.34. The third-order valence-corrected chi connectivity index (χ3v) is 3.95. The zero-order valence-corrected chi connectivity index (χ0v) is 12.1. The smallest absolute Gasteiger partial charge is 0.141 e. The second kappa shape index (κ2) is 5.66. The molecule has 2 fully saturated rings. The van der Waals surface area contributed by atoms with Crippen LogP contribution in [0.4, 0.5) is 10.2 Å². The first-order chi connectivity index (χ1) is 9.61. The fourth-order valence-corrected chi connectivity index (χ4v) is 2.99. The van der Waals surface area contributed by atoms with E-state index < -0.39 is 0 Å². The maximum absolute atomic E-state index is 13.5. The van der Waals surface area contributed by atoms with Crippen molar-refractivity contribution >= 4 is 5.82 Å². The summed E-state index contributed by atoms with van der Waals surface area (Å²) in [7, 11) is 0. The quantitative estimate of drug-likeness (QED) is 0.916. The van der Waals surface area contributed by atoms with Crippen LogP contribution in [0.15, 0.2) is 12.3 Å². The number of nitrogens with zero attached hydrogens (tertiary/aromatic N) is 2. The molecular weight excluding hydrogens is 257 g/mol. The summed E-state index contributed by atoms with van der Waals surface area (Å²) in [4.78, 5) is 6.58. The lowest BCUT2D eigenvalue weighted by Gasteiger charge is -2.34. The molecule has 2 atom stereocenters. The van der Waals surface area contributed by atoms with Gasteiger partial charge in [0.1, 0.15) is 11.6 Å². The standard InChI is InChI=1S/C15H22FN3O/c1-10(2)17-6-11-5-12(16)7-18-15(11)19-8-13-3-4-14(9-19)20-13/h5,7,10,13-14,17H,3-4,6,8-9H2,1-2H3. The first kappa shape index (κ1) is 13.8. The maximum Gasteiger partial charge on any atom is 0.141 e. The Hall–Kier alpha value is -1.20. The predicted molar refractivity (Wildman–Crippen MR) is 76.3 cm³/mol. The Labute approximate surface area is 119 Å². The molecule has 2 bridgehead atoms. The third kappa shape index (κ3) is 2.94. The van der Waals surface area contributed by atoms with Crippen molar-refractivity contribution in [2.75, 3.05) is 18.0 Å². The van der Waals surface area contributed by atoms with Crippen LogP contribution in [0.5, 0.6) is 0 Å². The van der Waals surface area contributed by atoms with Crippen molar-refractivity contribution in [3.63, 3.8) is 0 Å². The van der Waals surface area contributed by atoms with Crippen molar-refractivity contribution in [1.82, 2.24) is 10.3 Å². The van der Waals surface area contributed by atoms with Gasteiger partial charge in [-0.2, -0.15) is 0 Å². The van der Waals surface area contributed by atoms with Crippen molar-refractivity contribution in [2.45, 2.75) is 51.5 Å². The number of morpholine rings is 1. The third-order valence-electron chi connectivity index (χ3n) is 3.95. The Bertz CT molecular complexity index is 468. The van der Waals surface area contributed by atoms with E-state index in [0.717, 1.165) is 37.3 Å². The molecule has 110 valence electrons. The SMILES string of the molecule is CC(C)NCc1cc(F)cnc1N1CC2CCC(C1)O2. The Morgan fingerprint density at radius 3 is 2.75 bits per heavy atom. The zero-order chi connectivity index (χ0) is 14.1. The molecular formula is C15H22FN3O. The minimum Gasteiger partial charge on any atom is -0.371 e. The minimum atomic E-state index is -0.273. The first-order valence-electron chi connectivity index (χ1n) is 7.40. The number of rotatable bonds is 4. The number of nitrogens with one attached hydrogen (secondary N) is 1. The van der Waals surface area contributed by atoms with Gasteiger partial charge < -0.3 is 15.0 Å². The van der Waals surface area contributed by atoms with Gasteiger partial charge in [-0.25, -0.2) is 9.37 Å². The number of fused-ring (bicyclic) bond motifs is 2. The predicted octanol–water partition coefficient (Wildman–Crippen LogP) is 2.09. The molecule has 2 saturated heterocycles. The van der Waals surface area contributed by atoms with Crippen molar-refractivity contribution in [3.05, 3.63) is 23.6 Å². The highest BCUT2D eigenvalue weighted by molar-refractivity contribution is 5.48. The number of ether oxygens (including phenoxy) is 1. The fourth-order valence-electron chi connectivity index (χ4n) is 2.99. The molecule has 4 nitrogen and oxygen atoms in total. The molecule has 5 heteroatoms. The summed E-state index contributed by atoms with van der Waals surface area (Å²) in [5.74, 6) is 0.630. The molecule has 3 heterocycles. The van der Waals surface area contributed by atoms with E-state index in [4.69, 9.17) is 4.74 Å². The van der Waals surface area contributed by atoms with Crippen LogP contribution in [0.2, 0.25) is 0 Å². The molecule has 0 spiro atoms. The van der Waals surface area contributed by atoms with Gasteiger partial charge in [0.25, 0.3) is 0 Å². The van der Waals surface area contributed by atoms with E-state index in [9.17, 15) is 4.39 Å². The maximum atomic E-state index is 13.5. The van der Waals surface area contributed by atoms with Gasteiger partial charge in [-0.15, -0.1) is 0 Å². The number of hydrogen-bond donors (Lipinski definition) is 1. The van der Waals surface area contributed by atoms with Gasteiger partial charge in [0, 0.05) is 31.2 Å².